The lowest BCUT2D eigenvalue weighted by molar-refractivity contribution is 0.0184. The van der Waals surface area contributed by atoms with Crippen LogP contribution in [0.5, 0.6) is 0 Å². The highest BCUT2D eigenvalue weighted by Gasteiger charge is 2.32. The van der Waals surface area contributed by atoms with Gasteiger partial charge in [-0.1, -0.05) is 6.92 Å². The molecule has 2 aliphatic rings. The Hall–Kier alpha value is -0.770. The largest absolute Gasteiger partial charge is 0.444 e. The summed E-state index contributed by atoms with van der Waals surface area (Å²) in [5, 5.41) is 3.60. The van der Waals surface area contributed by atoms with Crippen molar-refractivity contribution in [2.24, 2.45) is 17.8 Å². The van der Waals surface area contributed by atoms with Gasteiger partial charge in [0.05, 0.1) is 0 Å². The summed E-state index contributed by atoms with van der Waals surface area (Å²) in [5.41, 5.74) is -0.392. The third-order valence-corrected chi connectivity index (χ3v) is 4.38. The van der Waals surface area contributed by atoms with Crippen molar-refractivity contribution in [3.63, 3.8) is 0 Å². The van der Waals surface area contributed by atoms with Gasteiger partial charge in [0.25, 0.3) is 0 Å². The van der Waals surface area contributed by atoms with Crippen LogP contribution < -0.4 is 5.32 Å². The minimum absolute atomic E-state index is 0.157. The first-order valence-electron chi connectivity index (χ1n) is 8.04. The number of ether oxygens (including phenoxy) is 1. The third kappa shape index (κ3) is 4.97. The van der Waals surface area contributed by atoms with Crippen molar-refractivity contribution in [1.82, 2.24) is 10.2 Å². The molecule has 1 aliphatic heterocycles. The number of nitrogens with one attached hydrogen (secondary N) is 1. The maximum Gasteiger partial charge on any atom is 0.410 e. The summed E-state index contributed by atoms with van der Waals surface area (Å²) in [6.45, 7) is 12.0. The number of nitrogens with zero attached hydrogens (tertiary/aromatic N) is 1. The summed E-state index contributed by atoms with van der Waals surface area (Å²) < 4.78 is 5.42. The van der Waals surface area contributed by atoms with Gasteiger partial charge >= 0.3 is 6.09 Å². The molecule has 0 radical (unpaired) electrons. The minimum atomic E-state index is -0.392. The molecule has 1 saturated heterocycles. The van der Waals surface area contributed by atoms with E-state index in [-0.39, 0.29) is 6.09 Å². The fourth-order valence-electron chi connectivity index (χ4n) is 2.80. The fourth-order valence-corrected chi connectivity index (χ4v) is 2.80. The van der Waals surface area contributed by atoms with Crippen LogP contribution in [-0.4, -0.2) is 42.8 Å². The molecule has 2 rings (SSSR count). The number of rotatable bonds is 4. The average Bonchev–Trinajstić information content (AvgIpc) is 3.04. The molecule has 0 spiro atoms. The molecule has 1 amide bonds. The first kappa shape index (κ1) is 15.6. The molecule has 20 heavy (non-hydrogen) atoms. The molecular weight excluding hydrogens is 252 g/mol. The molecule has 1 heterocycles. The quantitative estimate of drug-likeness (QED) is 0.862. The Morgan fingerprint density at radius 3 is 2.35 bits per heavy atom. The molecule has 2 unspecified atom stereocenters. The van der Waals surface area contributed by atoms with Gasteiger partial charge in [-0.15, -0.1) is 0 Å². The number of carbonyl (C=O) groups is 1. The third-order valence-electron chi connectivity index (χ3n) is 4.38. The second kappa shape index (κ2) is 6.33. The van der Waals surface area contributed by atoms with Crippen LogP contribution in [0.4, 0.5) is 4.79 Å². The van der Waals surface area contributed by atoms with Crippen LogP contribution in [0.25, 0.3) is 0 Å². The molecular formula is C16H30N2O2. The van der Waals surface area contributed by atoms with E-state index in [1.165, 1.54) is 13.0 Å². The first-order valence-corrected chi connectivity index (χ1v) is 8.04. The maximum absolute atomic E-state index is 12.0. The molecule has 0 aromatic heterocycles. The number of carbonyl (C=O) groups excluding carboxylic acids is 1. The Kier molecular flexibility index (Phi) is 4.95. The Balaban J connectivity index is 1.60. The maximum atomic E-state index is 12.0. The summed E-state index contributed by atoms with van der Waals surface area (Å²) in [5.74, 6) is 2.55. The molecule has 4 nitrogen and oxygen atoms in total. The zero-order valence-electron chi connectivity index (χ0n) is 13.4. The predicted molar refractivity (Wildman–Crippen MR) is 80.7 cm³/mol. The summed E-state index contributed by atoms with van der Waals surface area (Å²) >= 11 is 0. The van der Waals surface area contributed by atoms with E-state index in [2.05, 4.69) is 12.2 Å². The molecule has 4 heteroatoms. The number of amides is 1. The summed E-state index contributed by atoms with van der Waals surface area (Å²) in [4.78, 5) is 13.8. The normalized spacial score (nSPS) is 27.5. The van der Waals surface area contributed by atoms with Crippen LogP contribution in [0.1, 0.15) is 47.0 Å². The van der Waals surface area contributed by atoms with Crippen molar-refractivity contribution in [3.05, 3.63) is 0 Å². The lowest BCUT2D eigenvalue weighted by atomic mass is 9.97. The smallest absolute Gasteiger partial charge is 0.410 e. The van der Waals surface area contributed by atoms with E-state index in [4.69, 9.17) is 4.74 Å². The number of likely N-dealkylation sites (tertiary alicyclic amines) is 1. The monoisotopic (exact) mass is 282 g/mol. The molecule has 2 atom stereocenters. The van der Waals surface area contributed by atoms with Gasteiger partial charge in [0.15, 0.2) is 0 Å². The van der Waals surface area contributed by atoms with Crippen molar-refractivity contribution in [1.29, 1.82) is 0 Å². The molecule has 0 bridgehead atoms. The molecule has 1 aliphatic carbocycles. The number of piperidine rings is 1. The summed E-state index contributed by atoms with van der Waals surface area (Å²) in [6.07, 6.45) is 3.42. The van der Waals surface area contributed by atoms with Gasteiger partial charge in [0.1, 0.15) is 5.60 Å². The van der Waals surface area contributed by atoms with E-state index < -0.39 is 5.60 Å². The molecule has 0 aromatic rings. The Morgan fingerprint density at radius 1 is 1.25 bits per heavy atom. The van der Waals surface area contributed by atoms with E-state index in [1.54, 1.807) is 0 Å². The minimum Gasteiger partial charge on any atom is -0.444 e. The average molecular weight is 282 g/mol. The van der Waals surface area contributed by atoms with Gasteiger partial charge in [0, 0.05) is 13.1 Å². The summed E-state index contributed by atoms with van der Waals surface area (Å²) in [6, 6.07) is 0. The Bertz CT molecular complexity index is 330. The number of hydrogen-bond acceptors (Lipinski definition) is 3. The van der Waals surface area contributed by atoms with E-state index >= 15 is 0 Å². The van der Waals surface area contributed by atoms with Crippen molar-refractivity contribution in [2.45, 2.75) is 52.6 Å². The zero-order chi connectivity index (χ0) is 14.8. The Morgan fingerprint density at radius 2 is 1.85 bits per heavy atom. The van der Waals surface area contributed by atoms with E-state index in [1.807, 2.05) is 25.7 Å². The van der Waals surface area contributed by atoms with Gasteiger partial charge in [-0.3, -0.25) is 0 Å². The van der Waals surface area contributed by atoms with Gasteiger partial charge in [0.2, 0.25) is 0 Å². The van der Waals surface area contributed by atoms with Crippen LogP contribution in [-0.2, 0) is 4.74 Å². The van der Waals surface area contributed by atoms with Crippen molar-refractivity contribution >= 4 is 6.09 Å². The van der Waals surface area contributed by atoms with E-state index in [0.717, 1.165) is 44.3 Å². The van der Waals surface area contributed by atoms with Crippen molar-refractivity contribution in [3.8, 4) is 0 Å². The lowest BCUT2D eigenvalue weighted by Crippen LogP contribution is -2.43. The molecule has 116 valence electrons. The molecule has 0 aromatic carbocycles. The van der Waals surface area contributed by atoms with Gasteiger partial charge in [-0.05, 0) is 70.9 Å². The van der Waals surface area contributed by atoms with Crippen LogP contribution in [0.3, 0.4) is 0 Å². The standard InChI is InChI=1S/C16H30N2O2/c1-12-9-14(12)11-17-10-13-5-7-18(8-6-13)15(19)20-16(2,3)4/h12-14,17H,5-11H2,1-4H3. The molecule has 2 fully saturated rings. The van der Waals surface area contributed by atoms with E-state index in [0.29, 0.717) is 5.92 Å². The fraction of sp³-hybridized carbons (Fsp3) is 0.938. The van der Waals surface area contributed by atoms with Gasteiger partial charge in [-0.2, -0.15) is 0 Å². The molecule has 1 N–H and O–H groups in total. The van der Waals surface area contributed by atoms with Crippen LogP contribution in [0.15, 0.2) is 0 Å². The van der Waals surface area contributed by atoms with Crippen LogP contribution in [0.2, 0.25) is 0 Å². The SMILES string of the molecule is CC1CC1CNCC1CCN(C(=O)OC(C)(C)C)CC1. The second-order valence-electron chi connectivity index (χ2n) is 7.54. The van der Waals surface area contributed by atoms with Crippen molar-refractivity contribution < 1.29 is 9.53 Å². The highest BCUT2D eigenvalue weighted by atomic mass is 16.6. The highest BCUT2D eigenvalue weighted by Crippen LogP contribution is 2.36. The number of hydrogen-bond donors (Lipinski definition) is 1. The lowest BCUT2D eigenvalue weighted by Gasteiger charge is -2.33. The van der Waals surface area contributed by atoms with Crippen LogP contribution in [0, 0.1) is 17.8 Å². The highest BCUT2D eigenvalue weighted by molar-refractivity contribution is 5.68. The van der Waals surface area contributed by atoms with Crippen molar-refractivity contribution in [2.75, 3.05) is 26.2 Å². The van der Waals surface area contributed by atoms with Gasteiger partial charge in [-0.25, -0.2) is 4.79 Å². The second-order valence-corrected chi connectivity index (χ2v) is 7.54. The Labute approximate surface area is 123 Å². The zero-order valence-corrected chi connectivity index (χ0v) is 13.4. The first-order chi connectivity index (χ1) is 9.35. The predicted octanol–water partition coefficient (Wildman–Crippen LogP) is 2.88. The van der Waals surface area contributed by atoms with Gasteiger partial charge < -0.3 is 15.0 Å². The van der Waals surface area contributed by atoms with E-state index in [9.17, 15) is 4.79 Å². The van der Waals surface area contributed by atoms with Crippen LogP contribution >= 0.6 is 0 Å². The summed E-state index contributed by atoms with van der Waals surface area (Å²) in [7, 11) is 0. The topological polar surface area (TPSA) is 41.6 Å². The molecule has 1 saturated carbocycles.